The van der Waals surface area contributed by atoms with Crippen molar-refractivity contribution in [3.63, 3.8) is 0 Å². The lowest BCUT2D eigenvalue weighted by Gasteiger charge is -2.16. The van der Waals surface area contributed by atoms with Gasteiger partial charge in [-0.1, -0.05) is 45.4 Å². The van der Waals surface area contributed by atoms with Gasteiger partial charge in [-0.2, -0.15) is 0 Å². The van der Waals surface area contributed by atoms with E-state index in [0.29, 0.717) is 0 Å². The smallest absolute Gasteiger partial charge is 0.131 e. The number of ether oxygens (including phenoxy) is 2. The van der Waals surface area contributed by atoms with Crippen molar-refractivity contribution in [3.05, 3.63) is 52.6 Å². The molecule has 2 rings (SSSR count). The van der Waals surface area contributed by atoms with Crippen LogP contribution in [0.5, 0.6) is 17.2 Å². The summed E-state index contributed by atoms with van der Waals surface area (Å²) in [4.78, 5) is 0. The van der Waals surface area contributed by atoms with Crippen LogP contribution in [0.3, 0.4) is 0 Å². The average Bonchev–Trinajstić information content (AvgIpc) is 2.58. The predicted molar refractivity (Wildman–Crippen MR) is 101 cm³/mol. The topological polar surface area (TPSA) is 18.5 Å². The van der Waals surface area contributed by atoms with Gasteiger partial charge in [-0.15, -0.1) is 0 Å². The molecule has 0 atom stereocenters. The van der Waals surface area contributed by atoms with Crippen LogP contribution in [0.25, 0.3) is 0 Å². The molecule has 0 bridgehead atoms. The monoisotopic (exact) mass is 316 g/mol. The normalized spacial score (nSPS) is 9.09. The first kappa shape index (κ1) is 21.0. The van der Waals surface area contributed by atoms with Gasteiger partial charge >= 0.3 is 0 Å². The first-order valence-corrected chi connectivity index (χ1v) is 8.42. The van der Waals surface area contributed by atoms with Crippen LogP contribution in [0.4, 0.5) is 0 Å². The van der Waals surface area contributed by atoms with Crippen LogP contribution in [0.2, 0.25) is 0 Å². The first-order valence-electron chi connectivity index (χ1n) is 8.42. The van der Waals surface area contributed by atoms with E-state index in [9.17, 15) is 0 Å². The van der Waals surface area contributed by atoms with Gasteiger partial charge in [0.25, 0.3) is 0 Å². The molecule has 0 radical (unpaired) electrons. The van der Waals surface area contributed by atoms with E-state index in [1.165, 1.54) is 5.56 Å². The Bertz CT molecular complexity index is 584. The maximum atomic E-state index is 5.97. The highest BCUT2D eigenvalue weighted by molar-refractivity contribution is 5.53. The zero-order valence-corrected chi connectivity index (χ0v) is 16.2. The molecule has 2 heteroatoms. The summed E-state index contributed by atoms with van der Waals surface area (Å²) in [6.07, 6.45) is 0. The highest BCUT2D eigenvalue weighted by Gasteiger charge is 2.12. The van der Waals surface area contributed by atoms with Crippen LogP contribution in [-0.2, 0) is 0 Å². The van der Waals surface area contributed by atoms with E-state index in [-0.39, 0.29) is 0 Å². The minimum Gasteiger partial charge on any atom is -0.496 e. The number of benzene rings is 2. The summed E-state index contributed by atoms with van der Waals surface area (Å²) >= 11 is 0. The van der Waals surface area contributed by atoms with Gasteiger partial charge in [-0.05, 0) is 62.6 Å². The SMILES string of the molecule is CC.CC.COc1c(C)cc(Oc2ccc(C)cc2)c(C)c1C. The van der Waals surface area contributed by atoms with Crippen molar-refractivity contribution in [3.8, 4) is 17.2 Å². The Morgan fingerprint density at radius 1 is 0.739 bits per heavy atom. The minimum absolute atomic E-state index is 0.859. The Balaban J connectivity index is 0.00000112. The lowest BCUT2D eigenvalue weighted by molar-refractivity contribution is 0.405. The summed E-state index contributed by atoms with van der Waals surface area (Å²) in [5.74, 6) is 2.69. The second-order valence-corrected chi connectivity index (χ2v) is 4.89. The van der Waals surface area contributed by atoms with Crippen molar-refractivity contribution in [1.82, 2.24) is 0 Å². The van der Waals surface area contributed by atoms with Crippen LogP contribution in [-0.4, -0.2) is 7.11 Å². The molecule has 0 spiro atoms. The maximum absolute atomic E-state index is 5.97. The van der Waals surface area contributed by atoms with Crippen molar-refractivity contribution in [2.24, 2.45) is 0 Å². The van der Waals surface area contributed by atoms with Gasteiger partial charge in [-0.25, -0.2) is 0 Å². The summed E-state index contributed by atoms with van der Waals surface area (Å²) in [7, 11) is 1.70. The Kier molecular flexibility index (Phi) is 9.80. The fourth-order valence-corrected chi connectivity index (χ4v) is 2.17. The Labute approximate surface area is 142 Å². The lowest BCUT2D eigenvalue weighted by Crippen LogP contribution is -1.97. The molecule has 0 aliphatic heterocycles. The highest BCUT2D eigenvalue weighted by atomic mass is 16.5. The van der Waals surface area contributed by atoms with Crippen molar-refractivity contribution >= 4 is 0 Å². The van der Waals surface area contributed by atoms with Gasteiger partial charge < -0.3 is 9.47 Å². The van der Waals surface area contributed by atoms with E-state index in [4.69, 9.17) is 9.47 Å². The third-order valence-corrected chi connectivity index (χ3v) is 3.43. The molecule has 128 valence electrons. The molecule has 0 amide bonds. The summed E-state index contributed by atoms with van der Waals surface area (Å²) in [6, 6.07) is 10.1. The van der Waals surface area contributed by atoms with Crippen LogP contribution >= 0.6 is 0 Å². The standard InChI is InChI=1S/C17H20O2.2C2H6/c1-11-6-8-15(9-7-11)19-16-10-12(2)17(18-5)14(4)13(16)3;2*1-2/h6-10H,1-5H3;2*1-2H3. The van der Waals surface area contributed by atoms with E-state index in [1.807, 2.05) is 65.0 Å². The second-order valence-electron chi connectivity index (χ2n) is 4.89. The highest BCUT2D eigenvalue weighted by Crippen LogP contribution is 2.35. The van der Waals surface area contributed by atoms with Gasteiger partial charge in [-0.3, -0.25) is 0 Å². The minimum atomic E-state index is 0.859. The zero-order chi connectivity index (χ0) is 18.0. The third kappa shape index (κ3) is 5.63. The molecular weight excluding hydrogens is 284 g/mol. The number of hydrogen-bond acceptors (Lipinski definition) is 2. The third-order valence-electron chi connectivity index (χ3n) is 3.43. The molecular formula is C21H32O2. The summed E-state index contributed by atoms with van der Waals surface area (Å²) in [5, 5.41) is 0. The molecule has 0 N–H and O–H groups in total. The largest absolute Gasteiger partial charge is 0.496 e. The Hall–Kier alpha value is -1.96. The van der Waals surface area contributed by atoms with Crippen molar-refractivity contribution in [1.29, 1.82) is 0 Å². The molecule has 2 aromatic carbocycles. The summed E-state index contributed by atoms with van der Waals surface area (Å²) in [6.45, 7) is 16.2. The fourth-order valence-electron chi connectivity index (χ4n) is 2.17. The number of aryl methyl sites for hydroxylation is 2. The summed E-state index contributed by atoms with van der Waals surface area (Å²) < 4.78 is 11.4. The molecule has 23 heavy (non-hydrogen) atoms. The number of methoxy groups -OCH3 is 1. The number of rotatable bonds is 3. The predicted octanol–water partition coefficient (Wildman–Crippen LogP) is 6.77. The first-order chi connectivity index (χ1) is 11.0. The van der Waals surface area contributed by atoms with Gasteiger partial charge in [0.05, 0.1) is 7.11 Å². The Morgan fingerprint density at radius 3 is 1.74 bits per heavy atom. The molecule has 0 heterocycles. The maximum Gasteiger partial charge on any atom is 0.131 e. The van der Waals surface area contributed by atoms with Gasteiger partial charge in [0.2, 0.25) is 0 Å². The molecule has 0 aromatic heterocycles. The van der Waals surface area contributed by atoms with Crippen LogP contribution in [0, 0.1) is 27.7 Å². The molecule has 0 aliphatic carbocycles. The van der Waals surface area contributed by atoms with E-state index in [2.05, 4.69) is 20.8 Å². The van der Waals surface area contributed by atoms with Crippen LogP contribution in [0.1, 0.15) is 49.9 Å². The molecule has 0 fully saturated rings. The van der Waals surface area contributed by atoms with Gasteiger partial charge in [0, 0.05) is 0 Å². The molecule has 2 nitrogen and oxygen atoms in total. The van der Waals surface area contributed by atoms with E-state index >= 15 is 0 Å². The molecule has 0 aliphatic rings. The molecule has 0 saturated heterocycles. The van der Waals surface area contributed by atoms with E-state index < -0.39 is 0 Å². The van der Waals surface area contributed by atoms with Crippen molar-refractivity contribution in [2.75, 3.05) is 7.11 Å². The lowest BCUT2D eigenvalue weighted by atomic mass is 10.0. The van der Waals surface area contributed by atoms with E-state index in [0.717, 1.165) is 33.9 Å². The average molecular weight is 316 g/mol. The van der Waals surface area contributed by atoms with Crippen molar-refractivity contribution < 1.29 is 9.47 Å². The van der Waals surface area contributed by atoms with Gasteiger partial charge in [0.15, 0.2) is 0 Å². The Morgan fingerprint density at radius 2 is 1.26 bits per heavy atom. The zero-order valence-electron chi connectivity index (χ0n) is 16.2. The molecule has 0 saturated carbocycles. The van der Waals surface area contributed by atoms with Crippen LogP contribution < -0.4 is 9.47 Å². The fraction of sp³-hybridized carbons (Fsp3) is 0.429. The number of hydrogen-bond donors (Lipinski definition) is 0. The second kappa shape index (κ2) is 10.7. The van der Waals surface area contributed by atoms with Crippen LogP contribution in [0.15, 0.2) is 30.3 Å². The van der Waals surface area contributed by atoms with Gasteiger partial charge in [0.1, 0.15) is 17.2 Å². The molecule has 2 aromatic rings. The van der Waals surface area contributed by atoms with Crippen molar-refractivity contribution in [2.45, 2.75) is 55.4 Å². The van der Waals surface area contributed by atoms with E-state index in [1.54, 1.807) is 7.11 Å². The summed E-state index contributed by atoms with van der Waals surface area (Å²) in [5.41, 5.74) is 4.56. The quantitative estimate of drug-likeness (QED) is 0.621. The molecule has 0 unspecified atom stereocenters.